The van der Waals surface area contributed by atoms with E-state index < -0.39 is 0 Å². The molecular formula is C30H37FN4O3. The molecule has 0 bridgehead atoms. The minimum atomic E-state index is -0.275. The van der Waals surface area contributed by atoms with Crippen LogP contribution in [0.25, 0.3) is 10.9 Å². The molecule has 0 saturated carbocycles. The van der Waals surface area contributed by atoms with Crippen molar-refractivity contribution >= 4 is 16.8 Å². The van der Waals surface area contributed by atoms with Gasteiger partial charge >= 0.3 is 0 Å². The molecule has 3 aliphatic heterocycles. The monoisotopic (exact) mass is 520 g/mol. The lowest BCUT2D eigenvalue weighted by atomic mass is 9.68. The minimum Gasteiger partial charge on any atom is -0.497 e. The number of benzene rings is 2. The number of piperidine rings is 2. The molecular weight excluding hydrogens is 483 g/mol. The second-order valence-electron chi connectivity index (χ2n) is 11.1. The molecule has 1 atom stereocenters. The standard InChI is InChI=1S/C30H37FN4O3/c1-38-22-6-7-23-25(16-22)33-28-26(18-36)35(17-21-4-2-3-5-24(21)31)19-30(27(23)28)10-14-34(15-11-30)29(37)20-8-12-32-13-9-20/h2-7,16,20,26,32-33,36H,8-15,17-19H2,1H3. The zero-order chi connectivity index (χ0) is 26.3. The van der Waals surface area contributed by atoms with E-state index in [9.17, 15) is 14.3 Å². The van der Waals surface area contributed by atoms with Crippen LogP contribution in [0.4, 0.5) is 4.39 Å². The van der Waals surface area contributed by atoms with Crippen LogP contribution in [0.15, 0.2) is 42.5 Å². The summed E-state index contributed by atoms with van der Waals surface area (Å²) in [5, 5.41) is 15.1. The maximum atomic E-state index is 14.7. The number of aliphatic hydroxyl groups is 1. The quantitative estimate of drug-likeness (QED) is 0.478. The number of carbonyl (C=O) groups excluding carboxylic acids is 1. The Morgan fingerprint density at radius 3 is 2.63 bits per heavy atom. The molecule has 3 aromatic rings. The second-order valence-corrected chi connectivity index (χ2v) is 11.1. The highest BCUT2D eigenvalue weighted by molar-refractivity contribution is 5.88. The van der Waals surface area contributed by atoms with Crippen molar-refractivity contribution in [3.8, 4) is 5.75 Å². The summed E-state index contributed by atoms with van der Waals surface area (Å²) in [5.41, 5.74) is 3.64. The fourth-order valence-corrected chi connectivity index (χ4v) is 7.01. The molecule has 3 aliphatic rings. The van der Waals surface area contributed by atoms with Gasteiger partial charge in [-0.3, -0.25) is 9.69 Å². The van der Waals surface area contributed by atoms with Gasteiger partial charge in [-0.15, -0.1) is 0 Å². The Morgan fingerprint density at radius 2 is 1.92 bits per heavy atom. The van der Waals surface area contributed by atoms with E-state index in [2.05, 4.69) is 26.2 Å². The molecule has 4 heterocycles. The Kier molecular flexibility index (Phi) is 6.88. The van der Waals surface area contributed by atoms with Crippen molar-refractivity contribution in [2.45, 2.75) is 43.7 Å². The van der Waals surface area contributed by atoms with Gasteiger partial charge in [-0.2, -0.15) is 0 Å². The van der Waals surface area contributed by atoms with Crippen molar-refractivity contribution in [3.05, 3.63) is 65.1 Å². The molecule has 2 aromatic carbocycles. The number of likely N-dealkylation sites (tertiary alicyclic amines) is 1. The number of aromatic amines is 1. The average Bonchev–Trinajstić information content (AvgIpc) is 3.34. The van der Waals surface area contributed by atoms with E-state index in [0.29, 0.717) is 31.7 Å². The van der Waals surface area contributed by atoms with Crippen LogP contribution in [0.3, 0.4) is 0 Å². The van der Waals surface area contributed by atoms with E-state index in [1.165, 1.54) is 11.6 Å². The molecule has 8 heteroatoms. The van der Waals surface area contributed by atoms with E-state index in [1.807, 2.05) is 24.3 Å². The van der Waals surface area contributed by atoms with Crippen LogP contribution in [0, 0.1) is 11.7 Å². The molecule has 2 fully saturated rings. The van der Waals surface area contributed by atoms with Gasteiger partial charge in [0.2, 0.25) is 5.91 Å². The molecule has 3 N–H and O–H groups in total. The lowest BCUT2D eigenvalue weighted by Crippen LogP contribution is -2.55. The van der Waals surface area contributed by atoms with Crippen molar-refractivity contribution in [2.75, 3.05) is 46.4 Å². The SMILES string of the molecule is COc1ccc2c3c([nH]c2c1)C(CO)N(Cc1ccccc1F)CC31CCN(C(=O)C2CCNCC2)CC1. The number of aliphatic hydroxyl groups excluding tert-OH is 1. The van der Waals surface area contributed by atoms with Gasteiger partial charge in [0.25, 0.3) is 0 Å². The fraction of sp³-hybridized carbons (Fsp3) is 0.500. The van der Waals surface area contributed by atoms with Crippen LogP contribution in [-0.2, 0) is 16.8 Å². The summed E-state index contributed by atoms with van der Waals surface area (Å²) in [4.78, 5) is 21.2. The Morgan fingerprint density at radius 1 is 1.16 bits per heavy atom. The molecule has 6 rings (SSSR count). The Hall–Kier alpha value is -2.94. The number of rotatable bonds is 5. The van der Waals surface area contributed by atoms with Crippen LogP contribution in [-0.4, -0.2) is 72.2 Å². The van der Waals surface area contributed by atoms with Crippen LogP contribution in [0.5, 0.6) is 5.75 Å². The summed E-state index contributed by atoms with van der Waals surface area (Å²) in [7, 11) is 1.66. The first-order valence-corrected chi connectivity index (χ1v) is 13.8. The van der Waals surface area contributed by atoms with Crippen LogP contribution in [0.2, 0.25) is 0 Å². The van der Waals surface area contributed by atoms with Crippen molar-refractivity contribution in [1.29, 1.82) is 0 Å². The Bertz CT molecular complexity index is 1310. The molecule has 0 aliphatic carbocycles. The third-order valence-corrected chi connectivity index (χ3v) is 9.07. The largest absolute Gasteiger partial charge is 0.497 e. The number of fused-ring (bicyclic) bond motifs is 4. The number of H-pyrrole nitrogens is 1. The topological polar surface area (TPSA) is 80.8 Å². The third-order valence-electron chi connectivity index (χ3n) is 9.07. The van der Waals surface area contributed by atoms with Gasteiger partial charge in [0, 0.05) is 65.7 Å². The molecule has 1 amide bonds. The molecule has 2 saturated heterocycles. The number of halogens is 1. The highest BCUT2D eigenvalue weighted by Gasteiger charge is 2.48. The number of nitrogens with one attached hydrogen (secondary N) is 2. The number of ether oxygens (including phenoxy) is 1. The van der Waals surface area contributed by atoms with Crippen LogP contribution in [0.1, 0.15) is 48.5 Å². The molecule has 1 aromatic heterocycles. The highest BCUT2D eigenvalue weighted by Crippen LogP contribution is 2.49. The molecule has 0 radical (unpaired) electrons. The van der Waals surface area contributed by atoms with Gasteiger partial charge in [-0.05, 0) is 62.5 Å². The third kappa shape index (κ3) is 4.38. The van der Waals surface area contributed by atoms with E-state index in [4.69, 9.17) is 4.74 Å². The minimum absolute atomic E-state index is 0.0676. The van der Waals surface area contributed by atoms with Crippen LogP contribution >= 0.6 is 0 Å². The van der Waals surface area contributed by atoms with E-state index in [0.717, 1.165) is 61.1 Å². The zero-order valence-corrected chi connectivity index (χ0v) is 22.0. The first kappa shape index (κ1) is 25.3. The van der Waals surface area contributed by atoms with Gasteiger partial charge in [-0.1, -0.05) is 18.2 Å². The Balaban J connectivity index is 1.37. The second kappa shape index (κ2) is 10.3. The number of methoxy groups -OCH3 is 1. The molecule has 1 unspecified atom stereocenters. The predicted octanol–water partition coefficient (Wildman–Crippen LogP) is 3.72. The van der Waals surface area contributed by atoms with Crippen molar-refractivity contribution in [1.82, 2.24) is 20.1 Å². The smallest absolute Gasteiger partial charge is 0.225 e. The van der Waals surface area contributed by atoms with E-state index in [-0.39, 0.29) is 35.7 Å². The van der Waals surface area contributed by atoms with Crippen molar-refractivity contribution < 1.29 is 19.0 Å². The van der Waals surface area contributed by atoms with E-state index >= 15 is 0 Å². The molecule has 1 spiro atoms. The summed E-state index contributed by atoms with van der Waals surface area (Å²) in [6.45, 7) is 4.28. The van der Waals surface area contributed by atoms with Gasteiger partial charge in [-0.25, -0.2) is 4.39 Å². The summed E-state index contributed by atoms with van der Waals surface area (Å²) in [6, 6.07) is 12.7. The maximum Gasteiger partial charge on any atom is 0.225 e. The van der Waals surface area contributed by atoms with Crippen molar-refractivity contribution in [2.24, 2.45) is 5.92 Å². The normalized spacial score (nSPS) is 22.1. The Labute approximate surface area is 223 Å². The lowest BCUT2D eigenvalue weighted by Gasteiger charge is -2.50. The average molecular weight is 521 g/mol. The fourth-order valence-electron chi connectivity index (χ4n) is 7.01. The number of amides is 1. The highest BCUT2D eigenvalue weighted by atomic mass is 19.1. The number of hydrogen-bond donors (Lipinski definition) is 3. The summed E-state index contributed by atoms with van der Waals surface area (Å²) >= 11 is 0. The number of nitrogens with zero attached hydrogens (tertiary/aromatic N) is 2. The van der Waals surface area contributed by atoms with Gasteiger partial charge < -0.3 is 25.0 Å². The lowest BCUT2D eigenvalue weighted by molar-refractivity contribution is -0.138. The zero-order valence-electron chi connectivity index (χ0n) is 22.0. The summed E-state index contributed by atoms with van der Waals surface area (Å²) in [6.07, 6.45) is 3.48. The number of carbonyl (C=O) groups is 1. The summed E-state index contributed by atoms with van der Waals surface area (Å²) < 4.78 is 20.2. The molecule has 202 valence electrons. The summed E-state index contributed by atoms with van der Waals surface area (Å²) in [5.74, 6) is 0.950. The molecule has 7 nitrogen and oxygen atoms in total. The number of hydrogen-bond acceptors (Lipinski definition) is 5. The van der Waals surface area contributed by atoms with Gasteiger partial charge in [0.1, 0.15) is 11.6 Å². The number of aromatic nitrogens is 1. The molecule has 38 heavy (non-hydrogen) atoms. The first-order valence-electron chi connectivity index (χ1n) is 13.8. The van der Waals surface area contributed by atoms with Crippen molar-refractivity contribution in [3.63, 3.8) is 0 Å². The predicted molar refractivity (Wildman–Crippen MR) is 145 cm³/mol. The maximum absolute atomic E-state index is 14.7. The van der Waals surface area contributed by atoms with E-state index in [1.54, 1.807) is 13.2 Å². The van der Waals surface area contributed by atoms with Crippen LogP contribution < -0.4 is 10.1 Å². The van der Waals surface area contributed by atoms with Gasteiger partial charge in [0.05, 0.1) is 19.8 Å². The first-order chi connectivity index (χ1) is 18.5. The van der Waals surface area contributed by atoms with Gasteiger partial charge in [0.15, 0.2) is 0 Å².